The van der Waals surface area contributed by atoms with Gasteiger partial charge in [-0.3, -0.25) is 14.4 Å². The first kappa shape index (κ1) is 21.6. The molecule has 0 bridgehead atoms. The van der Waals surface area contributed by atoms with Crippen LogP contribution in [-0.2, 0) is 16.1 Å². The lowest BCUT2D eigenvalue weighted by molar-refractivity contribution is -0.117. The predicted molar refractivity (Wildman–Crippen MR) is 120 cm³/mol. The maximum absolute atomic E-state index is 12.8. The smallest absolute Gasteiger partial charge is 0.414 e. The van der Waals surface area contributed by atoms with E-state index in [-0.39, 0.29) is 18.1 Å². The number of fused-ring (bicyclic) bond motifs is 1. The molecule has 3 heterocycles. The molecule has 2 aromatic heterocycles. The van der Waals surface area contributed by atoms with Crippen molar-refractivity contribution >= 4 is 23.4 Å². The number of carbonyl (C=O) groups excluding carboxylic acids is 2. The maximum atomic E-state index is 12.8. The molecule has 1 aliphatic heterocycles. The van der Waals surface area contributed by atoms with E-state index in [0.29, 0.717) is 24.5 Å². The molecular formula is C23H27N5O4. The van der Waals surface area contributed by atoms with Gasteiger partial charge in [-0.1, -0.05) is 11.2 Å². The molecule has 0 N–H and O–H groups in total. The van der Waals surface area contributed by atoms with Crippen LogP contribution in [0.5, 0.6) is 0 Å². The number of ether oxygens (including phenoxy) is 1. The van der Waals surface area contributed by atoms with E-state index in [4.69, 9.17) is 9.26 Å². The molecule has 0 saturated carbocycles. The minimum absolute atomic E-state index is 0.0703. The molecule has 9 heteroatoms. The zero-order chi connectivity index (χ0) is 23.0. The van der Waals surface area contributed by atoms with Crippen molar-refractivity contribution in [3.63, 3.8) is 0 Å². The summed E-state index contributed by atoms with van der Waals surface area (Å²) in [5, 5.41) is 8.43. The van der Waals surface area contributed by atoms with Crippen LogP contribution >= 0.6 is 0 Å². The highest BCUT2D eigenvalue weighted by Gasteiger charge is 2.34. The van der Waals surface area contributed by atoms with E-state index in [1.54, 1.807) is 20.7 Å². The molecule has 0 unspecified atom stereocenters. The molecule has 3 aromatic rings. The fourth-order valence-electron chi connectivity index (χ4n) is 3.98. The van der Waals surface area contributed by atoms with E-state index in [9.17, 15) is 9.59 Å². The minimum Gasteiger partial charge on any atom is -0.446 e. The molecule has 1 atom stereocenters. The number of aromatic nitrogens is 3. The lowest BCUT2D eigenvalue weighted by Crippen LogP contribution is -2.51. The van der Waals surface area contributed by atoms with Crippen molar-refractivity contribution in [3.05, 3.63) is 48.1 Å². The highest BCUT2D eigenvalue weighted by Crippen LogP contribution is 2.39. The highest BCUT2D eigenvalue weighted by atomic mass is 16.6. The van der Waals surface area contributed by atoms with Crippen LogP contribution in [0.1, 0.15) is 39.1 Å². The topological polar surface area (TPSA) is 93.7 Å². The first-order valence-corrected chi connectivity index (χ1v) is 10.6. The van der Waals surface area contributed by atoms with E-state index >= 15 is 0 Å². The van der Waals surface area contributed by atoms with Crippen molar-refractivity contribution < 1.29 is 18.8 Å². The van der Waals surface area contributed by atoms with Gasteiger partial charge in [-0.05, 0) is 45.4 Å². The first-order chi connectivity index (χ1) is 15.2. The van der Waals surface area contributed by atoms with Crippen molar-refractivity contribution in [3.8, 4) is 11.1 Å². The van der Waals surface area contributed by atoms with Gasteiger partial charge in [-0.25, -0.2) is 4.79 Å². The molecule has 0 spiro atoms. The van der Waals surface area contributed by atoms with Crippen LogP contribution in [0.4, 0.5) is 16.2 Å². The molecule has 168 valence electrons. The third kappa shape index (κ3) is 4.23. The summed E-state index contributed by atoms with van der Waals surface area (Å²) in [5.41, 5.74) is 3.88. The Balaban J connectivity index is 1.69. The second-order valence-electron chi connectivity index (χ2n) is 8.34. The van der Waals surface area contributed by atoms with Crippen LogP contribution in [0, 0.1) is 6.92 Å². The standard InChI is InChI=1S/C23H27N5O4/c1-14(2)31-23(30)27-11-15(3)28(17(5)29)21-7-6-18(9-22(21)27)19-10-24-26(12-19)13-20-8-16(4)32-25-20/h6-10,12,14-15H,11,13H2,1-5H3/t15-/m0/s1. The fourth-order valence-corrected chi connectivity index (χ4v) is 3.98. The van der Waals surface area contributed by atoms with Crippen molar-refractivity contribution in [1.82, 2.24) is 14.9 Å². The lowest BCUT2D eigenvalue weighted by atomic mass is 10.0. The Hall–Kier alpha value is -3.62. The molecule has 0 saturated heterocycles. The van der Waals surface area contributed by atoms with E-state index in [1.165, 1.54) is 6.92 Å². The van der Waals surface area contributed by atoms with Crippen molar-refractivity contribution in [2.75, 3.05) is 16.3 Å². The Morgan fingerprint density at radius 2 is 2.00 bits per heavy atom. The molecule has 0 radical (unpaired) electrons. The van der Waals surface area contributed by atoms with Crippen LogP contribution in [0.25, 0.3) is 11.1 Å². The maximum Gasteiger partial charge on any atom is 0.414 e. The van der Waals surface area contributed by atoms with E-state index < -0.39 is 6.09 Å². The summed E-state index contributed by atoms with van der Waals surface area (Å²) in [6, 6.07) is 7.41. The molecule has 9 nitrogen and oxygen atoms in total. The number of amides is 2. The van der Waals surface area contributed by atoms with Crippen LogP contribution < -0.4 is 9.80 Å². The van der Waals surface area contributed by atoms with Crippen LogP contribution in [0.2, 0.25) is 0 Å². The summed E-state index contributed by atoms with van der Waals surface area (Å²) >= 11 is 0. The molecule has 1 aromatic carbocycles. The Bertz CT molecular complexity index is 1150. The number of carbonyl (C=O) groups is 2. The summed E-state index contributed by atoms with van der Waals surface area (Å²) in [4.78, 5) is 28.5. The van der Waals surface area contributed by atoms with Gasteiger partial charge in [0.05, 0.1) is 36.3 Å². The van der Waals surface area contributed by atoms with Crippen LogP contribution in [0.15, 0.2) is 41.2 Å². The SMILES string of the molecule is CC(=O)N1c2ccc(-c3cnn(Cc4cc(C)on4)c3)cc2N(C(=O)OC(C)C)C[C@@H]1C. The summed E-state index contributed by atoms with van der Waals surface area (Å²) in [6.45, 7) is 9.77. The summed E-state index contributed by atoms with van der Waals surface area (Å²) in [7, 11) is 0. The minimum atomic E-state index is -0.425. The van der Waals surface area contributed by atoms with Crippen molar-refractivity contribution in [2.24, 2.45) is 0 Å². The van der Waals surface area contributed by atoms with Gasteiger partial charge in [-0.15, -0.1) is 0 Å². The second-order valence-corrected chi connectivity index (χ2v) is 8.34. The van der Waals surface area contributed by atoms with Crippen LogP contribution in [0.3, 0.4) is 0 Å². The molecule has 32 heavy (non-hydrogen) atoms. The van der Waals surface area contributed by atoms with Gasteiger partial charge in [-0.2, -0.15) is 5.10 Å². The van der Waals surface area contributed by atoms with Gasteiger partial charge in [0.2, 0.25) is 5.91 Å². The fraction of sp³-hybridized carbons (Fsp3) is 0.391. The molecule has 2 amide bonds. The molecule has 0 fully saturated rings. The summed E-state index contributed by atoms with van der Waals surface area (Å²) in [5.74, 6) is 0.679. The summed E-state index contributed by atoms with van der Waals surface area (Å²) in [6.07, 6.45) is 3.01. The van der Waals surface area contributed by atoms with E-state index in [0.717, 1.165) is 22.6 Å². The number of hydrogen-bond donors (Lipinski definition) is 0. The Kier molecular flexibility index (Phi) is 5.73. The van der Waals surface area contributed by atoms with Crippen LogP contribution in [-0.4, -0.2) is 45.6 Å². The highest BCUT2D eigenvalue weighted by molar-refractivity contribution is 6.03. The Morgan fingerprint density at radius 1 is 1.22 bits per heavy atom. The van der Waals surface area contributed by atoms with Crippen molar-refractivity contribution in [2.45, 2.75) is 53.3 Å². The predicted octanol–water partition coefficient (Wildman–Crippen LogP) is 4.00. The van der Waals surface area contributed by atoms with Gasteiger partial charge in [0.1, 0.15) is 11.5 Å². The van der Waals surface area contributed by atoms with Gasteiger partial charge in [0.15, 0.2) is 0 Å². The van der Waals surface area contributed by atoms with Crippen molar-refractivity contribution in [1.29, 1.82) is 0 Å². The monoisotopic (exact) mass is 437 g/mol. The number of nitrogens with zero attached hydrogens (tertiary/aromatic N) is 5. The third-order valence-corrected chi connectivity index (χ3v) is 5.28. The number of rotatable bonds is 4. The molecular weight excluding hydrogens is 410 g/mol. The van der Waals surface area contributed by atoms with Gasteiger partial charge in [0.25, 0.3) is 0 Å². The van der Waals surface area contributed by atoms with E-state index in [2.05, 4.69) is 10.3 Å². The summed E-state index contributed by atoms with van der Waals surface area (Å²) < 4.78 is 12.4. The number of hydrogen-bond acceptors (Lipinski definition) is 6. The van der Waals surface area contributed by atoms with Gasteiger partial charge < -0.3 is 14.2 Å². The largest absolute Gasteiger partial charge is 0.446 e. The quantitative estimate of drug-likeness (QED) is 0.612. The normalized spacial score (nSPS) is 15.8. The van der Waals surface area contributed by atoms with Gasteiger partial charge >= 0.3 is 6.09 Å². The Labute approximate surface area is 186 Å². The first-order valence-electron chi connectivity index (χ1n) is 10.6. The average molecular weight is 438 g/mol. The zero-order valence-corrected chi connectivity index (χ0v) is 18.9. The second kappa shape index (κ2) is 8.49. The zero-order valence-electron chi connectivity index (χ0n) is 18.9. The molecule has 1 aliphatic rings. The molecule has 4 rings (SSSR count). The lowest BCUT2D eigenvalue weighted by Gasteiger charge is -2.40. The average Bonchev–Trinajstić information content (AvgIpc) is 3.35. The van der Waals surface area contributed by atoms with E-state index in [1.807, 2.05) is 58.2 Å². The molecule has 0 aliphatic carbocycles. The van der Waals surface area contributed by atoms with Gasteiger partial charge in [0, 0.05) is 31.3 Å². The number of aryl methyl sites for hydroxylation is 1. The third-order valence-electron chi connectivity index (χ3n) is 5.28. The number of benzene rings is 1. The number of anilines is 2. The Morgan fingerprint density at radius 3 is 2.66 bits per heavy atom.